The predicted octanol–water partition coefficient (Wildman–Crippen LogP) is 2.23. The molecule has 2 rings (SSSR count). The van der Waals surface area contributed by atoms with Crippen molar-refractivity contribution in [3.05, 3.63) is 29.3 Å². The van der Waals surface area contributed by atoms with Gasteiger partial charge in [-0.1, -0.05) is 12.1 Å². The molecule has 0 bridgehead atoms. The molecule has 1 aromatic rings. The van der Waals surface area contributed by atoms with E-state index < -0.39 is 0 Å². The smallest absolute Gasteiger partial charge is 0.340 e. The third kappa shape index (κ3) is 3.74. The van der Waals surface area contributed by atoms with E-state index in [4.69, 9.17) is 15.2 Å². The van der Waals surface area contributed by atoms with Gasteiger partial charge < -0.3 is 15.2 Å². The minimum atomic E-state index is -0.349. The third-order valence-electron chi connectivity index (χ3n) is 3.72. The Labute approximate surface area is 126 Å². The molecule has 0 aliphatic carbocycles. The highest BCUT2D eigenvalue weighted by Gasteiger charge is 2.25. The van der Waals surface area contributed by atoms with E-state index in [-0.39, 0.29) is 18.1 Å². The molecule has 0 spiro atoms. The summed E-state index contributed by atoms with van der Waals surface area (Å²) in [5.41, 5.74) is 7.90. The second-order valence-electron chi connectivity index (χ2n) is 5.59. The molecule has 1 aliphatic heterocycles. The van der Waals surface area contributed by atoms with Crippen molar-refractivity contribution in [2.45, 2.75) is 32.9 Å². The molecule has 2 N–H and O–H groups in total. The zero-order valence-corrected chi connectivity index (χ0v) is 13.0. The number of morpholine rings is 1. The topological polar surface area (TPSA) is 64.8 Å². The first-order chi connectivity index (χ1) is 10.0. The zero-order valence-electron chi connectivity index (χ0n) is 13.0. The van der Waals surface area contributed by atoms with Crippen LogP contribution in [0.25, 0.3) is 0 Å². The van der Waals surface area contributed by atoms with Gasteiger partial charge in [-0.3, -0.25) is 4.90 Å². The van der Waals surface area contributed by atoms with E-state index in [2.05, 4.69) is 11.8 Å². The lowest BCUT2D eigenvalue weighted by Gasteiger charge is -2.33. The number of hydrogen-bond acceptors (Lipinski definition) is 5. The fraction of sp³-hybridized carbons (Fsp3) is 0.562. The number of ether oxygens (including phenoxy) is 2. The number of hydrogen-bond donors (Lipinski definition) is 1. The van der Waals surface area contributed by atoms with Crippen molar-refractivity contribution in [1.29, 1.82) is 0 Å². The van der Waals surface area contributed by atoms with E-state index in [0.717, 1.165) is 31.9 Å². The summed E-state index contributed by atoms with van der Waals surface area (Å²) in [5, 5.41) is 0. The first-order valence-electron chi connectivity index (χ1n) is 7.42. The highest BCUT2D eigenvalue weighted by atomic mass is 16.5. The van der Waals surface area contributed by atoms with E-state index in [1.807, 2.05) is 26.0 Å². The Balaban J connectivity index is 2.29. The summed E-state index contributed by atoms with van der Waals surface area (Å²) in [6.45, 7) is 8.91. The third-order valence-corrected chi connectivity index (χ3v) is 3.72. The van der Waals surface area contributed by atoms with E-state index in [1.54, 1.807) is 6.07 Å². The van der Waals surface area contributed by atoms with Gasteiger partial charge in [0.1, 0.15) is 0 Å². The molecule has 0 aromatic heterocycles. The number of benzene rings is 1. The Bertz CT molecular complexity index is 496. The van der Waals surface area contributed by atoms with Crippen molar-refractivity contribution in [2.75, 3.05) is 32.0 Å². The molecule has 1 unspecified atom stereocenters. The molecule has 116 valence electrons. The molecule has 1 atom stereocenters. The number of nitrogen functional groups attached to an aromatic ring is 1. The highest BCUT2D eigenvalue weighted by Crippen LogP contribution is 2.28. The van der Waals surface area contributed by atoms with Gasteiger partial charge in [0.15, 0.2) is 0 Å². The van der Waals surface area contributed by atoms with Crippen LogP contribution in [0.2, 0.25) is 0 Å². The van der Waals surface area contributed by atoms with Crippen LogP contribution >= 0.6 is 0 Å². The van der Waals surface area contributed by atoms with Crippen LogP contribution in [-0.4, -0.2) is 43.3 Å². The van der Waals surface area contributed by atoms with E-state index in [9.17, 15) is 4.79 Å². The second-order valence-corrected chi connectivity index (χ2v) is 5.59. The summed E-state index contributed by atoms with van der Waals surface area (Å²) in [6.07, 6.45) is -0.163. The van der Waals surface area contributed by atoms with Gasteiger partial charge in [0.05, 0.1) is 24.9 Å². The van der Waals surface area contributed by atoms with Crippen LogP contribution in [0.1, 0.15) is 42.7 Å². The maximum atomic E-state index is 12.3. The van der Waals surface area contributed by atoms with Gasteiger partial charge in [0.25, 0.3) is 0 Å². The lowest BCUT2D eigenvalue weighted by molar-refractivity contribution is 0.0190. The Hall–Kier alpha value is -1.59. The summed E-state index contributed by atoms with van der Waals surface area (Å²) in [4.78, 5) is 14.6. The predicted molar refractivity (Wildman–Crippen MR) is 82.2 cm³/mol. The highest BCUT2D eigenvalue weighted by molar-refractivity contribution is 5.97. The summed E-state index contributed by atoms with van der Waals surface area (Å²) in [5.74, 6) is -0.349. The number of carbonyl (C=O) groups excluding carboxylic acids is 1. The monoisotopic (exact) mass is 292 g/mol. The van der Waals surface area contributed by atoms with Gasteiger partial charge in [0, 0.05) is 24.8 Å². The van der Waals surface area contributed by atoms with E-state index in [0.29, 0.717) is 11.3 Å². The average molecular weight is 292 g/mol. The van der Waals surface area contributed by atoms with Gasteiger partial charge in [-0.2, -0.15) is 0 Å². The van der Waals surface area contributed by atoms with Crippen molar-refractivity contribution < 1.29 is 14.3 Å². The van der Waals surface area contributed by atoms with Crippen LogP contribution < -0.4 is 5.73 Å². The van der Waals surface area contributed by atoms with Gasteiger partial charge in [0.2, 0.25) is 0 Å². The first-order valence-corrected chi connectivity index (χ1v) is 7.42. The molecule has 1 heterocycles. The number of carbonyl (C=O) groups is 1. The minimum Gasteiger partial charge on any atom is -0.459 e. The number of esters is 1. The summed E-state index contributed by atoms with van der Waals surface area (Å²) in [6, 6.07) is 5.68. The summed E-state index contributed by atoms with van der Waals surface area (Å²) in [7, 11) is 0. The van der Waals surface area contributed by atoms with Gasteiger partial charge in [-0.05, 0) is 32.4 Å². The van der Waals surface area contributed by atoms with E-state index >= 15 is 0 Å². The summed E-state index contributed by atoms with van der Waals surface area (Å²) >= 11 is 0. The van der Waals surface area contributed by atoms with Crippen molar-refractivity contribution in [2.24, 2.45) is 0 Å². The maximum absolute atomic E-state index is 12.3. The second kappa shape index (κ2) is 6.91. The quantitative estimate of drug-likeness (QED) is 0.681. The van der Waals surface area contributed by atoms with Gasteiger partial charge in [-0.25, -0.2) is 4.79 Å². The van der Waals surface area contributed by atoms with E-state index in [1.165, 1.54) is 0 Å². The number of anilines is 1. The van der Waals surface area contributed by atoms with Crippen molar-refractivity contribution in [3.8, 4) is 0 Å². The van der Waals surface area contributed by atoms with Crippen LogP contribution in [0.4, 0.5) is 5.69 Å². The maximum Gasteiger partial charge on any atom is 0.340 e. The molecule has 5 nitrogen and oxygen atoms in total. The van der Waals surface area contributed by atoms with Crippen LogP contribution in [0.3, 0.4) is 0 Å². The van der Waals surface area contributed by atoms with Crippen LogP contribution in [0.5, 0.6) is 0 Å². The van der Waals surface area contributed by atoms with Crippen molar-refractivity contribution in [3.63, 3.8) is 0 Å². The fourth-order valence-corrected chi connectivity index (χ4v) is 2.61. The molecule has 1 aliphatic rings. The van der Waals surface area contributed by atoms with Crippen LogP contribution in [-0.2, 0) is 9.47 Å². The first kappa shape index (κ1) is 15.8. The fourth-order valence-electron chi connectivity index (χ4n) is 2.61. The molecule has 5 heteroatoms. The zero-order chi connectivity index (χ0) is 15.4. The summed E-state index contributed by atoms with van der Waals surface area (Å²) < 4.78 is 10.7. The molecule has 0 saturated carbocycles. The SMILES string of the molecule is CC(C)OC(=O)c1c(N)cccc1C(C)N1CCOCC1. The Kier molecular flexibility index (Phi) is 5.20. The number of rotatable bonds is 4. The molecule has 1 saturated heterocycles. The number of nitrogens with zero attached hydrogens (tertiary/aromatic N) is 1. The number of nitrogens with two attached hydrogens (primary N) is 1. The Morgan fingerprint density at radius 2 is 1.95 bits per heavy atom. The molecule has 1 fully saturated rings. The lowest BCUT2D eigenvalue weighted by Crippen LogP contribution is -2.38. The van der Waals surface area contributed by atoms with Gasteiger partial charge >= 0.3 is 5.97 Å². The lowest BCUT2D eigenvalue weighted by atomic mass is 9.98. The average Bonchev–Trinajstić information content (AvgIpc) is 2.46. The Morgan fingerprint density at radius 1 is 1.29 bits per heavy atom. The molecule has 0 amide bonds. The largest absolute Gasteiger partial charge is 0.459 e. The van der Waals surface area contributed by atoms with Gasteiger partial charge in [-0.15, -0.1) is 0 Å². The van der Waals surface area contributed by atoms with Crippen LogP contribution in [0.15, 0.2) is 18.2 Å². The molecule has 0 radical (unpaired) electrons. The molecule has 21 heavy (non-hydrogen) atoms. The Morgan fingerprint density at radius 3 is 2.57 bits per heavy atom. The molecular formula is C16H24N2O3. The van der Waals surface area contributed by atoms with Crippen molar-refractivity contribution in [1.82, 2.24) is 4.90 Å². The normalized spacial score (nSPS) is 17.7. The van der Waals surface area contributed by atoms with Crippen LogP contribution in [0, 0.1) is 0 Å². The molecule has 1 aromatic carbocycles. The standard InChI is InChI=1S/C16H24N2O3/c1-11(2)21-16(19)15-13(5-4-6-14(15)17)12(3)18-7-9-20-10-8-18/h4-6,11-12H,7-10,17H2,1-3H3. The van der Waals surface area contributed by atoms with Crippen molar-refractivity contribution >= 4 is 11.7 Å². The molecular weight excluding hydrogens is 268 g/mol. The minimum absolute atomic E-state index is 0.104.